The maximum Gasteiger partial charge on any atom is 0.325 e. The maximum absolute atomic E-state index is 11.5. The molecule has 1 unspecified atom stereocenters. The molecule has 0 aliphatic rings. The molecule has 0 aliphatic carbocycles. The van der Waals surface area contributed by atoms with Gasteiger partial charge < -0.3 is 15.8 Å². The van der Waals surface area contributed by atoms with E-state index in [9.17, 15) is 9.59 Å². The average molecular weight is 250 g/mol. The Kier molecular flexibility index (Phi) is 5.87. The van der Waals surface area contributed by atoms with Crippen LogP contribution in [0.5, 0.6) is 0 Å². The molecular weight excluding hydrogens is 232 g/mol. The van der Waals surface area contributed by atoms with Crippen LogP contribution in [0.1, 0.15) is 24.9 Å². The fraction of sp³-hybridized carbons (Fsp3) is 0.385. The minimum Gasteiger partial charge on any atom is -0.465 e. The van der Waals surface area contributed by atoms with E-state index in [2.05, 4.69) is 5.32 Å². The van der Waals surface area contributed by atoms with Crippen LogP contribution in [-0.2, 0) is 14.3 Å². The lowest BCUT2D eigenvalue weighted by molar-refractivity contribution is -0.143. The number of carbonyl (C=O) groups is 2. The molecule has 0 saturated carbocycles. The second kappa shape index (κ2) is 7.45. The van der Waals surface area contributed by atoms with Crippen molar-refractivity contribution in [3.05, 3.63) is 35.9 Å². The molecular formula is C13H18N2O3. The summed E-state index contributed by atoms with van der Waals surface area (Å²) in [6.45, 7) is 1.90. The lowest BCUT2D eigenvalue weighted by Crippen LogP contribution is -2.32. The molecule has 5 heteroatoms. The number of nitrogens with one attached hydrogen (secondary N) is 1. The third kappa shape index (κ3) is 4.97. The number of carbonyl (C=O) groups excluding carboxylic acids is 2. The molecule has 1 atom stereocenters. The second-order valence-electron chi connectivity index (χ2n) is 3.80. The summed E-state index contributed by atoms with van der Waals surface area (Å²) >= 11 is 0. The first-order valence-corrected chi connectivity index (χ1v) is 5.86. The number of nitrogens with two attached hydrogens (primary N) is 1. The first kappa shape index (κ1) is 14.2. The fourth-order valence-electron chi connectivity index (χ4n) is 1.47. The maximum atomic E-state index is 11.5. The molecule has 0 fully saturated rings. The highest BCUT2D eigenvalue weighted by molar-refractivity contribution is 5.82. The summed E-state index contributed by atoms with van der Waals surface area (Å²) in [4.78, 5) is 22.6. The first-order valence-electron chi connectivity index (χ1n) is 5.86. The van der Waals surface area contributed by atoms with E-state index in [4.69, 9.17) is 10.5 Å². The van der Waals surface area contributed by atoms with Gasteiger partial charge in [-0.2, -0.15) is 0 Å². The van der Waals surface area contributed by atoms with E-state index in [0.717, 1.165) is 5.56 Å². The SMILES string of the molecule is CCOC(=O)CNC(=O)CC(N)c1ccccc1. The Balaban J connectivity index is 2.34. The highest BCUT2D eigenvalue weighted by Gasteiger charge is 2.12. The Morgan fingerprint density at radius 3 is 2.61 bits per heavy atom. The summed E-state index contributed by atoms with van der Waals surface area (Å²) in [7, 11) is 0. The molecule has 18 heavy (non-hydrogen) atoms. The summed E-state index contributed by atoms with van der Waals surface area (Å²) in [5.74, 6) is -0.710. The van der Waals surface area contributed by atoms with Crippen LogP contribution in [-0.4, -0.2) is 25.0 Å². The van der Waals surface area contributed by atoms with Gasteiger partial charge in [0, 0.05) is 12.5 Å². The molecule has 0 aliphatic heterocycles. The molecule has 0 spiro atoms. The third-order valence-electron chi connectivity index (χ3n) is 2.37. The van der Waals surface area contributed by atoms with E-state index in [0.29, 0.717) is 6.61 Å². The molecule has 0 saturated heterocycles. The monoisotopic (exact) mass is 250 g/mol. The molecule has 3 N–H and O–H groups in total. The standard InChI is InChI=1S/C13H18N2O3/c1-2-18-13(17)9-15-12(16)8-11(14)10-6-4-3-5-7-10/h3-7,11H,2,8-9,14H2,1H3,(H,15,16). The van der Waals surface area contributed by atoms with Gasteiger partial charge in [-0.3, -0.25) is 9.59 Å². The van der Waals surface area contributed by atoms with Crippen molar-refractivity contribution in [1.82, 2.24) is 5.32 Å². The number of amides is 1. The zero-order valence-corrected chi connectivity index (χ0v) is 10.4. The van der Waals surface area contributed by atoms with Gasteiger partial charge in [-0.15, -0.1) is 0 Å². The molecule has 0 aromatic heterocycles. The summed E-state index contributed by atoms with van der Waals surface area (Å²) < 4.78 is 4.70. The molecule has 98 valence electrons. The summed E-state index contributed by atoms with van der Waals surface area (Å²) in [5.41, 5.74) is 6.78. The molecule has 0 heterocycles. The zero-order valence-electron chi connectivity index (χ0n) is 10.4. The summed E-state index contributed by atoms with van der Waals surface area (Å²) in [5, 5.41) is 2.47. The van der Waals surface area contributed by atoms with Gasteiger partial charge in [0.1, 0.15) is 6.54 Å². The Bertz CT molecular complexity index is 392. The number of rotatable bonds is 6. The predicted octanol–water partition coefficient (Wildman–Crippen LogP) is 0.756. The van der Waals surface area contributed by atoms with Crippen LogP contribution < -0.4 is 11.1 Å². The van der Waals surface area contributed by atoms with Crippen LogP contribution in [0, 0.1) is 0 Å². The highest BCUT2D eigenvalue weighted by Crippen LogP contribution is 2.12. The van der Waals surface area contributed by atoms with Crippen molar-refractivity contribution >= 4 is 11.9 Å². The largest absolute Gasteiger partial charge is 0.465 e. The average Bonchev–Trinajstić information content (AvgIpc) is 2.38. The number of benzene rings is 1. The van der Waals surface area contributed by atoms with E-state index in [1.54, 1.807) is 6.92 Å². The number of hydrogen-bond acceptors (Lipinski definition) is 4. The van der Waals surface area contributed by atoms with E-state index < -0.39 is 5.97 Å². The van der Waals surface area contributed by atoms with Gasteiger partial charge in [0.15, 0.2) is 0 Å². The normalized spacial score (nSPS) is 11.7. The van der Waals surface area contributed by atoms with Crippen LogP contribution in [0.25, 0.3) is 0 Å². The van der Waals surface area contributed by atoms with Crippen LogP contribution in [0.2, 0.25) is 0 Å². The lowest BCUT2D eigenvalue weighted by atomic mass is 10.0. The van der Waals surface area contributed by atoms with Crippen LogP contribution in [0.15, 0.2) is 30.3 Å². The van der Waals surface area contributed by atoms with Gasteiger partial charge >= 0.3 is 5.97 Å². The molecule has 1 aromatic carbocycles. The quantitative estimate of drug-likeness (QED) is 0.730. The van der Waals surface area contributed by atoms with E-state index in [1.807, 2.05) is 30.3 Å². The molecule has 1 amide bonds. The van der Waals surface area contributed by atoms with Crippen LogP contribution >= 0.6 is 0 Å². The van der Waals surface area contributed by atoms with Gasteiger partial charge in [0.2, 0.25) is 5.91 Å². The van der Waals surface area contributed by atoms with E-state index in [-0.39, 0.29) is 24.9 Å². The van der Waals surface area contributed by atoms with Crippen LogP contribution in [0.4, 0.5) is 0 Å². The number of ether oxygens (including phenoxy) is 1. The van der Waals surface area contributed by atoms with Crippen molar-refractivity contribution in [2.75, 3.05) is 13.2 Å². The molecule has 0 bridgehead atoms. The van der Waals surface area contributed by atoms with Crippen molar-refractivity contribution in [2.24, 2.45) is 5.73 Å². The van der Waals surface area contributed by atoms with Gasteiger partial charge in [0.25, 0.3) is 0 Å². The topological polar surface area (TPSA) is 81.4 Å². The van der Waals surface area contributed by atoms with Gasteiger partial charge in [-0.25, -0.2) is 0 Å². The molecule has 1 rings (SSSR count). The fourth-order valence-corrected chi connectivity index (χ4v) is 1.47. The Morgan fingerprint density at radius 2 is 2.00 bits per heavy atom. The van der Waals surface area contributed by atoms with Crippen molar-refractivity contribution in [2.45, 2.75) is 19.4 Å². The smallest absolute Gasteiger partial charge is 0.325 e. The minimum atomic E-state index is -0.445. The van der Waals surface area contributed by atoms with E-state index >= 15 is 0 Å². The van der Waals surface area contributed by atoms with Gasteiger partial charge in [-0.1, -0.05) is 30.3 Å². The lowest BCUT2D eigenvalue weighted by Gasteiger charge is -2.11. The summed E-state index contributed by atoms with van der Waals surface area (Å²) in [6, 6.07) is 8.98. The first-order chi connectivity index (χ1) is 8.63. The summed E-state index contributed by atoms with van der Waals surface area (Å²) in [6.07, 6.45) is 0.142. The minimum absolute atomic E-state index is 0.117. The van der Waals surface area contributed by atoms with Crippen LogP contribution in [0.3, 0.4) is 0 Å². The van der Waals surface area contributed by atoms with Crippen molar-refractivity contribution in [1.29, 1.82) is 0 Å². The van der Waals surface area contributed by atoms with Crippen molar-refractivity contribution in [3.63, 3.8) is 0 Å². The molecule has 1 aromatic rings. The highest BCUT2D eigenvalue weighted by atomic mass is 16.5. The van der Waals surface area contributed by atoms with Gasteiger partial charge in [-0.05, 0) is 12.5 Å². The second-order valence-corrected chi connectivity index (χ2v) is 3.80. The Hall–Kier alpha value is -1.88. The van der Waals surface area contributed by atoms with Crippen molar-refractivity contribution in [3.8, 4) is 0 Å². The Morgan fingerprint density at radius 1 is 1.33 bits per heavy atom. The van der Waals surface area contributed by atoms with Gasteiger partial charge in [0.05, 0.1) is 6.61 Å². The molecule has 0 radical (unpaired) electrons. The van der Waals surface area contributed by atoms with E-state index in [1.165, 1.54) is 0 Å². The van der Waals surface area contributed by atoms with Crippen molar-refractivity contribution < 1.29 is 14.3 Å². The predicted molar refractivity (Wildman–Crippen MR) is 67.6 cm³/mol. The third-order valence-corrected chi connectivity index (χ3v) is 2.37. The number of hydrogen-bond donors (Lipinski definition) is 2. The Labute approximate surface area is 106 Å². The number of esters is 1. The molecule has 5 nitrogen and oxygen atoms in total. The zero-order chi connectivity index (χ0) is 13.4.